The summed E-state index contributed by atoms with van der Waals surface area (Å²) in [5, 5.41) is 0. The minimum atomic E-state index is -0.246. The monoisotopic (exact) mass is 338 g/mol. The molecule has 0 saturated carbocycles. The number of benzene rings is 1. The fraction of sp³-hybridized carbons (Fsp3) is 0.529. The van der Waals surface area contributed by atoms with Gasteiger partial charge in [-0.05, 0) is 13.8 Å². The van der Waals surface area contributed by atoms with Crippen molar-refractivity contribution in [2.45, 2.75) is 20.8 Å². The first-order valence-electron chi connectivity index (χ1n) is 7.79. The van der Waals surface area contributed by atoms with Gasteiger partial charge in [0.2, 0.25) is 17.6 Å². The quantitative estimate of drug-likeness (QED) is 0.724. The smallest absolute Gasteiger partial charge is 0.242 e. The maximum Gasteiger partial charge on any atom is 0.242 e. The Morgan fingerprint density at radius 2 is 1.46 bits per heavy atom. The van der Waals surface area contributed by atoms with E-state index in [2.05, 4.69) is 0 Å². The van der Waals surface area contributed by atoms with Crippen molar-refractivity contribution in [1.29, 1.82) is 0 Å². The Balaban J connectivity index is 3.26. The van der Waals surface area contributed by atoms with Crippen LogP contribution in [0.2, 0.25) is 0 Å². The van der Waals surface area contributed by atoms with Crippen LogP contribution in [0.25, 0.3) is 0 Å². The van der Waals surface area contributed by atoms with E-state index < -0.39 is 0 Å². The van der Waals surface area contributed by atoms with Crippen molar-refractivity contribution in [1.82, 2.24) is 4.90 Å². The molecule has 0 saturated heterocycles. The van der Waals surface area contributed by atoms with Gasteiger partial charge in [0.15, 0.2) is 11.5 Å². The lowest BCUT2D eigenvalue weighted by Crippen LogP contribution is -2.42. The molecular formula is C17H26N2O5. The highest BCUT2D eigenvalue weighted by Gasteiger charge is 2.22. The molecule has 0 aliphatic rings. The lowest BCUT2D eigenvalue weighted by atomic mass is 10.2. The summed E-state index contributed by atoms with van der Waals surface area (Å²) in [4.78, 5) is 27.5. The van der Waals surface area contributed by atoms with Gasteiger partial charge in [0, 0.05) is 32.1 Å². The number of likely N-dealkylation sites (N-methyl/N-ethyl adjacent to an activating group) is 1. The summed E-state index contributed by atoms with van der Waals surface area (Å²) >= 11 is 0. The third-order valence-corrected chi connectivity index (χ3v) is 3.75. The number of ether oxygens (including phenoxy) is 3. The number of rotatable bonds is 8. The molecule has 1 aromatic rings. The lowest BCUT2D eigenvalue weighted by molar-refractivity contribution is -0.130. The summed E-state index contributed by atoms with van der Waals surface area (Å²) < 4.78 is 15.9. The lowest BCUT2D eigenvalue weighted by Gasteiger charge is -2.26. The van der Waals surface area contributed by atoms with Gasteiger partial charge >= 0.3 is 0 Å². The molecule has 2 amide bonds. The number of amides is 2. The molecule has 7 heteroatoms. The fourth-order valence-corrected chi connectivity index (χ4v) is 2.42. The van der Waals surface area contributed by atoms with E-state index in [4.69, 9.17) is 14.2 Å². The Kier molecular flexibility index (Phi) is 7.35. The van der Waals surface area contributed by atoms with Crippen molar-refractivity contribution in [2.75, 3.05) is 45.9 Å². The second kappa shape index (κ2) is 9.00. The summed E-state index contributed by atoms with van der Waals surface area (Å²) in [6, 6.07) is 3.30. The normalized spacial score (nSPS) is 10.1. The van der Waals surface area contributed by atoms with Crippen LogP contribution in [0, 0.1) is 0 Å². The standard InChI is InChI=1S/C17H26N2O5/c1-7-18(8-2)16(21)11-19(12(3)20)13-9-14(22-4)17(24-6)15(10-13)23-5/h9-10H,7-8,11H2,1-6H3. The third-order valence-electron chi connectivity index (χ3n) is 3.75. The molecule has 24 heavy (non-hydrogen) atoms. The molecular weight excluding hydrogens is 312 g/mol. The van der Waals surface area contributed by atoms with Gasteiger partial charge in [-0.3, -0.25) is 9.59 Å². The summed E-state index contributed by atoms with van der Waals surface area (Å²) in [5.74, 6) is 0.915. The maximum atomic E-state index is 12.4. The first-order valence-corrected chi connectivity index (χ1v) is 7.79. The maximum absolute atomic E-state index is 12.4. The van der Waals surface area contributed by atoms with Crippen molar-refractivity contribution in [3.05, 3.63) is 12.1 Å². The fourth-order valence-electron chi connectivity index (χ4n) is 2.42. The average molecular weight is 338 g/mol. The first kappa shape index (κ1) is 19.6. The Morgan fingerprint density at radius 1 is 0.958 bits per heavy atom. The van der Waals surface area contributed by atoms with Crippen LogP contribution in [0.5, 0.6) is 17.2 Å². The van der Waals surface area contributed by atoms with Crippen LogP contribution in [0.3, 0.4) is 0 Å². The topological polar surface area (TPSA) is 68.3 Å². The zero-order valence-corrected chi connectivity index (χ0v) is 15.2. The van der Waals surface area contributed by atoms with Crippen LogP contribution in [0.15, 0.2) is 12.1 Å². The molecule has 0 aliphatic carbocycles. The molecule has 1 rings (SSSR count). The summed E-state index contributed by atoms with van der Waals surface area (Å²) in [5.41, 5.74) is 0.512. The van der Waals surface area contributed by atoms with Crippen LogP contribution in [0.4, 0.5) is 5.69 Å². The minimum Gasteiger partial charge on any atom is -0.493 e. The van der Waals surface area contributed by atoms with E-state index in [1.807, 2.05) is 13.8 Å². The zero-order valence-electron chi connectivity index (χ0n) is 15.2. The Labute approximate surface area is 143 Å². The predicted octanol–water partition coefficient (Wildman–Crippen LogP) is 1.93. The molecule has 0 aliphatic heterocycles. The molecule has 0 bridgehead atoms. The Morgan fingerprint density at radius 3 is 1.79 bits per heavy atom. The molecule has 0 spiro atoms. The van der Waals surface area contributed by atoms with Crippen molar-refractivity contribution >= 4 is 17.5 Å². The zero-order chi connectivity index (χ0) is 18.3. The van der Waals surface area contributed by atoms with E-state index in [1.54, 1.807) is 17.0 Å². The van der Waals surface area contributed by atoms with Crippen molar-refractivity contribution in [3.63, 3.8) is 0 Å². The summed E-state index contributed by atoms with van der Waals surface area (Å²) in [6.45, 7) is 6.36. The summed E-state index contributed by atoms with van der Waals surface area (Å²) in [6.07, 6.45) is 0. The second-order valence-electron chi connectivity index (χ2n) is 5.05. The predicted molar refractivity (Wildman–Crippen MR) is 92.1 cm³/mol. The van der Waals surface area contributed by atoms with Gasteiger partial charge in [-0.25, -0.2) is 0 Å². The number of carbonyl (C=O) groups is 2. The Hall–Kier alpha value is -2.44. The van der Waals surface area contributed by atoms with Gasteiger partial charge in [0.25, 0.3) is 0 Å². The van der Waals surface area contributed by atoms with Gasteiger partial charge in [0.1, 0.15) is 6.54 Å². The highest BCUT2D eigenvalue weighted by molar-refractivity contribution is 5.98. The number of hydrogen-bond acceptors (Lipinski definition) is 5. The number of nitrogens with zero attached hydrogens (tertiary/aromatic N) is 2. The minimum absolute atomic E-state index is 0.0460. The molecule has 1 aromatic carbocycles. The first-order chi connectivity index (χ1) is 11.4. The van der Waals surface area contributed by atoms with Crippen molar-refractivity contribution in [2.24, 2.45) is 0 Å². The van der Waals surface area contributed by atoms with Crippen LogP contribution >= 0.6 is 0 Å². The molecule has 0 aromatic heterocycles. The molecule has 7 nitrogen and oxygen atoms in total. The van der Waals surface area contributed by atoms with Crippen LogP contribution in [-0.2, 0) is 9.59 Å². The number of carbonyl (C=O) groups excluding carboxylic acids is 2. The van der Waals surface area contributed by atoms with Gasteiger partial charge in [-0.1, -0.05) is 0 Å². The van der Waals surface area contributed by atoms with Crippen molar-refractivity contribution in [3.8, 4) is 17.2 Å². The van der Waals surface area contributed by atoms with Gasteiger partial charge in [0.05, 0.1) is 27.0 Å². The molecule has 0 radical (unpaired) electrons. The van der Waals surface area contributed by atoms with E-state index in [9.17, 15) is 9.59 Å². The largest absolute Gasteiger partial charge is 0.493 e. The third kappa shape index (κ3) is 4.31. The van der Waals surface area contributed by atoms with Crippen LogP contribution < -0.4 is 19.1 Å². The van der Waals surface area contributed by atoms with Crippen LogP contribution in [-0.4, -0.2) is 57.7 Å². The SMILES string of the molecule is CCN(CC)C(=O)CN(C(C)=O)c1cc(OC)c(OC)c(OC)c1. The molecule has 0 heterocycles. The molecule has 0 unspecified atom stereocenters. The number of hydrogen-bond donors (Lipinski definition) is 0. The number of methoxy groups -OCH3 is 3. The molecule has 0 fully saturated rings. The van der Waals surface area contributed by atoms with Gasteiger partial charge in [-0.15, -0.1) is 0 Å². The van der Waals surface area contributed by atoms with E-state index in [0.717, 1.165) is 0 Å². The Bertz CT molecular complexity index is 559. The van der Waals surface area contributed by atoms with E-state index in [0.29, 0.717) is 36.0 Å². The van der Waals surface area contributed by atoms with E-state index in [1.165, 1.54) is 33.2 Å². The van der Waals surface area contributed by atoms with Gasteiger partial charge < -0.3 is 24.0 Å². The highest BCUT2D eigenvalue weighted by atomic mass is 16.5. The van der Waals surface area contributed by atoms with Crippen LogP contribution in [0.1, 0.15) is 20.8 Å². The van der Waals surface area contributed by atoms with Gasteiger partial charge in [-0.2, -0.15) is 0 Å². The molecule has 134 valence electrons. The molecule has 0 atom stereocenters. The highest BCUT2D eigenvalue weighted by Crippen LogP contribution is 2.41. The number of anilines is 1. The molecule has 0 N–H and O–H groups in total. The van der Waals surface area contributed by atoms with Crippen molar-refractivity contribution < 1.29 is 23.8 Å². The second-order valence-corrected chi connectivity index (χ2v) is 5.05. The summed E-state index contributed by atoms with van der Waals surface area (Å²) in [7, 11) is 4.51. The van der Waals surface area contributed by atoms with E-state index >= 15 is 0 Å². The van der Waals surface area contributed by atoms with E-state index in [-0.39, 0.29) is 18.4 Å². The average Bonchev–Trinajstić information content (AvgIpc) is 2.58.